The Kier molecular flexibility index (Phi) is 4.20. The molecular weight excluding hydrogens is 216 g/mol. The van der Waals surface area contributed by atoms with Crippen LogP contribution >= 0.6 is 0 Å². The SMILES string of the molecule is CC1(N)CC=C(CNC(=O)OC(C)(C)C)CC1. The average molecular weight is 240 g/mol. The Morgan fingerprint density at radius 3 is 2.71 bits per heavy atom. The first-order chi connectivity index (χ1) is 7.68. The highest BCUT2D eigenvalue weighted by Crippen LogP contribution is 2.24. The van der Waals surface area contributed by atoms with Gasteiger partial charge in [-0.05, 0) is 47.0 Å². The molecule has 3 N–H and O–H groups in total. The highest BCUT2D eigenvalue weighted by atomic mass is 16.6. The first-order valence-electron chi connectivity index (χ1n) is 6.12. The van der Waals surface area contributed by atoms with Crippen molar-refractivity contribution in [3.63, 3.8) is 0 Å². The fourth-order valence-corrected chi connectivity index (χ4v) is 1.69. The number of nitrogens with one attached hydrogen (secondary N) is 1. The standard InChI is InChI=1S/C13H24N2O2/c1-12(2,3)17-11(16)15-9-10-5-7-13(4,14)8-6-10/h5H,6-9,14H2,1-4H3,(H,15,16). The van der Waals surface area contributed by atoms with Gasteiger partial charge in [-0.2, -0.15) is 0 Å². The van der Waals surface area contributed by atoms with Crippen molar-refractivity contribution in [3.8, 4) is 0 Å². The summed E-state index contributed by atoms with van der Waals surface area (Å²) in [5.41, 5.74) is 6.73. The van der Waals surface area contributed by atoms with Crippen molar-refractivity contribution in [2.75, 3.05) is 6.54 Å². The summed E-state index contributed by atoms with van der Waals surface area (Å²) in [4.78, 5) is 11.4. The van der Waals surface area contributed by atoms with Crippen molar-refractivity contribution >= 4 is 6.09 Å². The van der Waals surface area contributed by atoms with E-state index in [2.05, 4.69) is 18.3 Å². The van der Waals surface area contributed by atoms with Gasteiger partial charge in [0.2, 0.25) is 0 Å². The molecule has 0 aromatic rings. The van der Waals surface area contributed by atoms with Crippen LogP contribution in [0.3, 0.4) is 0 Å². The van der Waals surface area contributed by atoms with Gasteiger partial charge in [-0.25, -0.2) is 4.79 Å². The zero-order valence-corrected chi connectivity index (χ0v) is 11.3. The number of nitrogens with two attached hydrogens (primary N) is 1. The number of carbonyl (C=O) groups is 1. The Labute approximate surface area is 104 Å². The monoisotopic (exact) mass is 240 g/mol. The summed E-state index contributed by atoms with van der Waals surface area (Å²) < 4.78 is 5.17. The summed E-state index contributed by atoms with van der Waals surface area (Å²) in [5, 5.41) is 2.77. The Balaban J connectivity index is 2.33. The summed E-state index contributed by atoms with van der Waals surface area (Å²) in [7, 11) is 0. The second-order valence-corrected chi connectivity index (χ2v) is 6.08. The van der Waals surface area contributed by atoms with Crippen molar-refractivity contribution in [1.29, 1.82) is 0 Å². The van der Waals surface area contributed by atoms with E-state index in [9.17, 15) is 4.79 Å². The van der Waals surface area contributed by atoms with E-state index in [1.54, 1.807) is 0 Å². The molecule has 0 aromatic carbocycles. The third-order valence-electron chi connectivity index (χ3n) is 2.73. The molecule has 0 spiro atoms. The Bertz CT molecular complexity index is 314. The van der Waals surface area contributed by atoms with Gasteiger partial charge in [-0.15, -0.1) is 0 Å². The van der Waals surface area contributed by atoms with Crippen molar-refractivity contribution < 1.29 is 9.53 Å². The average Bonchev–Trinajstić information content (AvgIpc) is 2.13. The third kappa shape index (κ3) is 5.73. The molecule has 0 heterocycles. The maximum Gasteiger partial charge on any atom is 0.407 e. The van der Waals surface area contributed by atoms with E-state index in [0.29, 0.717) is 6.54 Å². The van der Waals surface area contributed by atoms with Crippen molar-refractivity contribution in [3.05, 3.63) is 11.6 Å². The highest BCUT2D eigenvalue weighted by Gasteiger charge is 2.22. The van der Waals surface area contributed by atoms with E-state index in [1.807, 2.05) is 20.8 Å². The van der Waals surface area contributed by atoms with Gasteiger partial charge in [0, 0.05) is 12.1 Å². The maximum atomic E-state index is 11.4. The molecule has 0 saturated heterocycles. The van der Waals surface area contributed by atoms with Gasteiger partial charge in [-0.1, -0.05) is 11.6 Å². The van der Waals surface area contributed by atoms with Crippen LogP contribution in [0, 0.1) is 0 Å². The number of alkyl carbamates (subject to hydrolysis) is 1. The lowest BCUT2D eigenvalue weighted by Crippen LogP contribution is -2.39. The minimum Gasteiger partial charge on any atom is -0.444 e. The van der Waals surface area contributed by atoms with Crippen LogP contribution in [-0.2, 0) is 4.74 Å². The Morgan fingerprint density at radius 1 is 1.59 bits per heavy atom. The van der Waals surface area contributed by atoms with Crippen molar-refractivity contribution in [1.82, 2.24) is 5.32 Å². The van der Waals surface area contributed by atoms with Crippen LogP contribution in [-0.4, -0.2) is 23.8 Å². The van der Waals surface area contributed by atoms with Crippen LogP contribution in [0.4, 0.5) is 4.79 Å². The molecule has 0 radical (unpaired) electrons. The van der Waals surface area contributed by atoms with Gasteiger partial charge < -0.3 is 15.8 Å². The summed E-state index contributed by atoms with van der Waals surface area (Å²) in [5.74, 6) is 0. The Morgan fingerprint density at radius 2 is 2.24 bits per heavy atom. The molecule has 1 unspecified atom stereocenters. The topological polar surface area (TPSA) is 64.3 Å². The Hall–Kier alpha value is -1.03. The molecule has 1 atom stereocenters. The molecule has 1 aliphatic rings. The van der Waals surface area contributed by atoms with E-state index in [-0.39, 0.29) is 11.6 Å². The molecule has 0 saturated carbocycles. The third-order valence-corrected chi connectivity index (χ3v) is 2.73. The van der Waals surface area contributed by atoms with E-state index < -0.39 is 5.60 Å². The number of hydrogen-bond donors (Lipinski definition) is 2. The summed E-state index contributed by atoms with van der Waals surface area (Å²) in [6.07, 6.45) is 4.55. The zero-order chi connectivity index (χ0) is 13.1. The van der Waals surface area contributed by atoms with E-state index >= 15 is 0 Å². The van der Waals surface area contributed by atoms with Crippen LogP contribution in [0.5, 0.6) is 0 Å². The summed E-state index contributed by atoms with van der Waals surface area (Å²) in [6, 6.07) is 0. The first-order valence-corrected chi connectivity index (χ1v) is 6.12. The molecular formula is C13H24N2O2. The van der Waals surface area contributed by atoms with Gasteiger partial charge in [0.1, 0.15) is 5.60 Å². The molecule has 1 rings (SSSR count). The molecule has 0 bridgehead atoms. The fourth-order valence-electron chi connectivity index (χ4n) is 1.69. The number of ether oxygens (including phenoxy) is 1. The predicted octanol–water partition coefficient (Wildman–Crippen LogP) is 2.34. The summed E-state index contributed by atoms with van der Waals surface area (Å²) >= 11 is 0. The quantitative estimate of drug-likeness (QED) is 0.728. The van der Waals surface area contributed by atoms with Crippen molar-refractivity contribution in [2.45, 2.75) is 58.1 Å². The molecule has 17 heavy (non-hydrogen) atoms. The largest absolute Gasteiger partial charge is 0.444 e. The van der Waals surface area contributed by atoms with Crippen LogP contribution in [0.1, 0.15) is 47.0 Å². The second kappa shape index (κ2) is 5.08. The lowest BCUT2D eigenvalue weighted by atomic mass is 9.85. The van der Waals surface area contributed by atoms with Gasteiger partial charge in [0.05, 0.1) is 0 Å². The molecule has 0 aliphatic heterocycles. The predicted molar refractivity (Wildman–Crippen MR) is 68.8 cm³/mol. The van der Waals surface area contributed by atoms with E-state index in [4.69, 9.17) is 10.5 Å². The molecule has 4 heteroatoms. The molecule has 1 aliphatic carbocycles. The number of amides is 1. The minimum atomic E-state index is -0.444. The lowest BCUT2D eigenvalue weighted by Gasteiger charge is -2.28. The van der Waals surface area contributed by atoms with Gasteiger partial charge in [-0.3, -0.25) is 0 Å². The normalized spacial score (nSPS) is 25.1. The van der Waals surface area contributed by atoms with Crippen LogP contribution < -0.4 is 11.1 Å². The molecule has 98 valence electrons. The maximum absolute atomic E-state index is 11.4. The lowest BCUT2D eigenvalue weighted by molar-refractivity contribution is 0.0532. The van der Waals surface area contributed by atoms with E-state index in [0.717, 1.165) is 19.3 Å². The smallest absolute Gasteiger partial charge is 0.407 e. The molecule has 0 aromatic heterocycles. The second-order valence-electron chi connectivity index (χ2n) is 6.08. The number of rotatable bonds is 2. The van der Waals surface area contributed by atoms with Crippen LogP contribution in [0.25, 0.3) is 0 Å². The molecule has 4 nitrogen and oxygen atoms in total. The zero-order valence-electron chi connectivity index (χ0n) is 11.3. The highest BCUT2D eigenvalue weighted by molar-refractivity contribution is 5.68. The van der Waals surface area contributed by atoms with Crippen LogP contribution in [0.2, 0.25) is 0 Å². The molecule has 1 amide bonds. The van der Waals surface area contributed by atoms with Crippen LogP contribution in [0.15, 0.2) is 11.6 Å². The minimum absolute atomic E-state index is 0.0879. The fraction of sp³-hybridized carbons (Fsp3) is 0.769. The van der Waals surface area contributed by atoms with Gasteiger partial charge in [0.15, 0.2) is 0 Å². The first kappa shape index (κ1) is 14.0. The number of carbonyl (C=O) groups excluding carboxylic acids is 1. The van der Waals surface area contributed by atoms with E-state index in [1.165, 1.54) is 5.57 Å². The van der Waals surface area contributed by atoms with Crippen molar-refractivity contribution in [2.24, 2.45) is 5.73 Å². The summed E-state index contributed by atoms with van der Waals surface area (Å²) in [6.45, 7) is 8.18. The van der Waals surface area contributed by atoms with Gasteiger partial charge in [0.25, 0.3) is 0 Å². The van der Waals surface area contributed by atoms with Gasteiger partial charge >= 0.3 is 6.09 Å². The number of hydrogen-bond acceptors (Lipinski definition) is 3. The molecule has 0 fully saturated rings.